The van der Waals surface area contributed by atoms with E-state index in [2.05, 4.69) is 21.2 Å². The molecule has 2 N–H and O–H groups in total. The molecule has 0 aliphatic rings. The number of halogens is 1. The van der Waals surface area contributed by atoms with Crippen molar-refractivity contribution in [1.82, 2.24) is 5.32 Å². The van der Waals surface area contributed by atoms with Gasteiger partial charge in [-0.15, -0.1) is 0 Å². The van der Waals surface area contributed by atoms with Crippen LogP contribution in [-0.2, 0) is 9.53 Å². The van der Waals surface area contributed by atoms with Crippen LogP contribution in [0.1, 0.15) is 13.3 Å². The van der Waals surface area contributed by atoms with Crippen LogP contribution in [0.3, 0.4) is 0 Å². The Kier molecular flexibility index (Phi) is 7.58. The topological polar surface area (TPSA) is 67.8 Å². The molecule has 0 radical (unpaired) electrons. The second-order valence-electron chi connectivity index (χ2n) is 4.40. The average molecular weight is 346 g/mol. The van der Waals surface area contributed by atoms with Gasteiger partial charge in [0.05, 0.1) is 12.7 Å². The summed E-state index contributed by atoms with van der Waals surface area (Å²) < 4.78 is 11.3. The summed E-state index contributed by atoms with van der Waals surface area (Å²) in [5, 5.41) is 12.2. The van der Waals surface area contributed by atoms with Gasteiger partial charge in [0.15, 0.2) is 6.10 Å². The minimum Gasteiger partial charge on any atom is -0.481 e. The molecule has 5 nitrogen and oxygen atoms in total. The van der Waals surface area contributed by atoms with Gasteiger partial charge in [0.2, 0.25) is 0 Å². The molecule has 20 heavy (non-hydrogen) atoms. The summed E-state index contributed by atoms with van der Waals surface area (Å²) in [5.41, 5.74) is 0. The van der Waals surface area contributed by atoms with Crippen molar-refractivity contribution < 1.29 is 19.4 Å². The van der Waals surface area contributed by atoms with E-state index in [0.717, 1.165) is 4.47 Å². The Hall–Kier alpha value is -1.11. The number of aliphatic hydroxyl groups is 1. The van der Waals surface area contributed by atoms with Crippen LogP contribution in [-0.4, -0.2) is 43.5 Å². The molecule has 0 aliphatic carbocycles. The lowest BCUT2D eigenvalue weighted by atomic mass is 10.2. The van der Waals surface area contributed by atoms with Crippen LogP contribution >= 0.6 is 15.9 Å². The van der Waals surface area contributed by atoms with Gasteiger partial charge >= 0.3 is 0 Å². The maximum atomic E-state index is 11.8. The molecule has 1 aromatic rings. The predicted molar refractivity (Wildman–Crippen MR) is 79.7 cm³/mol. The van der Waals surface area contributed by atoms with E-state index in [4.69, 9.17) is 9.47 Å². The first-order valence-corrected chi connectivity index (χ1v) is 7.19. The van der Waals surface area contributed by atoms with Crippen LogP contribution in [0.2, 0.25) is 0 Å². The molecule has 0 bridgehead atoms. The van der Waals surface area contributed by atoms with E-state index in [1.54, 1.807) is 19.1 Å². The molecule has 0 spiro atoms. The van der Waals surface area contributed by atoms with Crippen molar-refractivity contribution in [2.45, 2.75) is 25.6 Å². The first-order valence-electron chi connectivity index (χ1n) is 6.40. The summed E-state index contributed by atoms with van der Waals surface area (Å²) in [4.78, 5) is 11.8. The molecule has 0 heterocycles. The Bertz CT molecular complexity index is 410. The van der Waals surface area contributed by atoms with Crippen LogP contribution in [0, 0.1) is 0 Å². The fourth-order valence-corrected chi connectivity index (χ4v) is 1.82. The summed E-state index contributed by atoms with van der Waals surface area (Å²) in [5.74, 6) is 0.424. The SMILES string of the molecule is COCC(O)CCNC(=O)C(C)Oc1ccc(Br)cc1. The van der Waals surface area contributed by atoms with Crippen LogP contribution in [0.5, 0.6) is 5.75 Å². The van der Waals surface area contributed by atoms with Crippen molar-refractivity contribution in [2.75, 3.05) is 20.3 Å². The van der Waals surface area contributed by atoms with Gasteiger partial charge in [0.25, 0.3) is 5.91 Å². The van der Waals surface area contributed by atoms with E-state index in [9.17, 15) is 9.90 Å². The third-order valence-corrected chi connectivity index (χ3v) is 3.16. The summed E-state index contributed by atoms with van der Waals surface area (Å²) in [6.45, 7) is 2.33. The Labute approximate surface area is 127 Å². The molecule has 1 aromatic carbocycles. The summed E-state index contributed by atoms with van der Waals surface area (Å²) in [7, 11) is 1.52. The lowest BCUT2D eigenvalue weighted by Crippen LogP contribution is -2.38. The summed E-state index contributed by atoms with van der Waals surface area (Å²) >= 11 is 3.33. The molecule has 1 rings (SSSR count). The second kappa shape index (κ2) is 8.94. The largest absolute Gasteiger partial charge is 0.481 e. The van der Waals surface area contributed by atoms with E-state index in [0.29, 0.717) is 18.7 Å². The summed E-state index contributed by atoms with van der Waals surface area (Å²) in [6.07, 6.45) is -0.705. The molecular weight excluding hydrogens is 326 g/mol. The maximum Gasteiger partial charge on any atom is 0.260 e. The van der Waals surface area contributed by atoms with Crippen molar-refractivity contribution in [3.05, 3.63) is 28.7 Å². The zero-order valence-electron chi connectivity index (χ0n) is 11.6. The Morgan fingerprint density at radius 2 is 2.05 bits per heavy atom. The monoisotopic (exact) mass is 345 g/mol. The molecule has 0 aliphatic heterocycles. The Morgan fingerprint density at radius 1 is 1.40 bits per heavy atom. The number of hydrogen-bond donors (Lipinski definition) is 2. The molecule has 0 saturated carbocycles. The van der Waals surface area contributed by atoms with Crippen LogP contribution in [0.25, 0.3) is 0 Å². The molecule has 0 aromatic heterocycles. The van der Waals surface area contributed by atoms with Crippen LogP contribution in [0.15, 0.2) is 28.7 Å². The van der Waals surface area contributed by atoms with Gasteiger partial charge in [-0.05, 0) is 37.6 Å². The number of benzene rings is 1. The molecule has 0 fully saturated rings. The number of ether oxygens (including phenoxy) is 2. The molecular formula is C14H20BrNO4. The van der Waals surface area contributed by atoms with E-state index < -0.39 is 12.2 Å². The first kappa shape index (κ1) is 16.9. The molecule has 112 valence electrons. The standard InChI is InChI=1S/C14H20BrNO4/c1-10(20-13-5-3-11(15)4-6-13)14(18)16-8-7-12(17)9-19-2/h3-6,10,12,17H,7-9H2,1-2H3,(H,16,18). The number of methoxy groups -OCH3 is 1. The van der Waals surface area contributed by atoms with Crippen LogP contribution in [0.4, 0.5) is 0 Å². The number of carbonyl (C=O) groups excluding carboxylic acids is 1. The van der Waals surface area contributed by atoms with Gasteiger partial charge in [0.1, 0.15) is 5.75 Å². The highest BCUT2D eigenvalue weighted by Gasteiger charge is 2.14. The van der Waals surface area contributed by atoms with Gasteiger partial charge in [0, 0.05) is 18.1 Å². The number of nitrogens with one attached hydrogen (secondary N) is 1. The van der Waals surface area contributed by atoms with Crippen molar-refractivity contribution in [1.29, 1.82) is 0 Å². The molecule has 2 atom stereocenters. The summed E-state index contributed by atoms with van der Waals surface area (Å²) in [6, 6.07) is 7.27. The van der Waals surface area contributed by atoms with Gasteiger partial charge < -0.3 is 19.9 Å². The van der Waals surface area contributed by atoms with E-state index in [1.165, 1.54) is 7.11 Å². The van der Waals surface area contributed by atoms with Gasteiger partial charge in [-0.3, -0.25) is 4.79 Å². The van der Waals surface area contributed by atoms with Gasteiger partial charge in [-0.1, -0.05) is 15.9 Å². The van der Waals surface area contributed by atoms with Crippen molar-refractivity contribution in [3.8, 4) is 5.75 Å². The highest BCUT2D eigenvalue weighted by Crippen LogP contribution is 2.17. The minimum atomic E-state index is -0.587. The van der Waals surface area contributed by atoms with Crippen molar-refractivity contribution >= 4 is 21.8 Å². The van der Waals surface area contributed by atoms with Crippen LogP contribution < -0.4 is 10.1 Å². The average Bonchev–Trinajstić information content (AvgIpc) is 2.41. The van der Waals surface area contributed by atoms with Crippen molar-refractivity contribution in [2.24, 2.45) is 0 Å². The number of hydrogen-bond acceptors (Lipinski definition) is 4. The lowest BCUT2D eigenvalue weighted by molar-refractivity contribution is -0.127. The van der Waals surface area contributed by atoms with E-state index in [-0.39, 0.29) is 12.5 Å². The molecule has 6 heteroatoms. The highest BCUT2D eigenvalue weighted by atomic mass is 79.9. The zero-order valence-corrected chi connectivity index (χ0v) is 13.2. The highest BCUT2D eigenvalue weighted by molar-refractivity contribution is 9.10. The quantitative estimate of drug-likeness (QED) is 0.752. The normalized spacial score (nSPS) is 13.6. The van der Waals surface area contributed by atoms with Gasteiger partial charge in [-0.25, -0.2) is 0 Å². The third kappa shape index (κ3) is 6.36. The number of carbonyl (C=O) groups is 1. The van der Waals surface area contributed by atoms with Crippen molar-refractivity contribution in [3.63, 3.8) is 0 Å². The fraction of sp³-hybridized carbons (Fsp3) is 0.500. The molecule has 0 saturated heterocycles. The number of amides is 1. The zero-order chi connectivity index (χ0) is 15.0. The van der Waals surface area contributed by atoms with Gasteiger partial charge in [-0.2, -0.15) is 0 Å². The van der Waals surface area contributed by atoms with E-state index in [1.807, 2.05) is 12.1 Å². The predicted octanol–water partition coefficient (Wildman–Crippen LogP) is 1.73. The third-order valence-electron chi connectivity index (χ3n) is 2.63. The Balaban J connectivity index is 2.30. The minimum absolute atomic E-state index is 0.211. The second-order valence-corrected chi connectivity index (χ2v) is 5.32. The number of aliphatic hydroxyl groups excluding tert-OH is 1. The first-order chi connectivity index (χ1) is 9.52. The maximum absolute atomic E-state index is 11.8. The molecule has 2 unspecified atom stereocenters. The fourth-order valence-electron chi connectivity index (χ4n) is 1.55. The lowest BCUT2D eigenvalue weighted by Gasteiger charge is -2.15. The molecule has 1 amide bonds. The van der Waals surface area contributed by atoms with E-state index >= 15 is 0 Å². The Morgan fingerprint density at radius 3 is 2.65 bits per heavy atom. The smallest absolute Gasteiger partial charge is 0.260 e. The number of rotatable bonds is 8.